The average molecular weight is 432 g/mol. The number of amides is 1. The molecule has 0 unspecified atom stereocenters. The van der Waals surface area contributed by atoms with Crippen LogP contribution in [0.15, 0.2) is 71.6 Å². The number of ether oxygens (including phenoxy) is 2. The number of methoxy groups -OCH3 is 1. The Bertz CT molecular complexity index is 1140. The molecule has 0 saturated carbocycles. The van der Waals surface area contributed by atoms with E-state index in [4.69, 9.17) is 21.1 Å². The molecule has 0 heterocycles. The normalized spacial score (nSPS) is 11.0. The van der Waals surface area contributed by atoms with Gasteiger partial charge in [0.1, 0.15) is 5.75 Å². The zero-order valence-corrected chi connectivity index (χ0v) is 17.3. The van der Waals surface area contributed by atoms with Crippen LogP contribution in [0.5, 0.6) is 17.2 Å². The molecule has 1 N–H and O–H groups in total. The lowest BCUT2D eigenvalue weighted by Crippen LogP contribution is -2.13. The largest absolute Gasteiger partial charge is 0.493 e. The molecule has 0 atom stereocenters. The topological polar surface area (TPSA) is 81.7 Å². The predicted octanol–water partition coefficient (Wildman–Crippen LogP) is 4.80. The molecule has 8 heteroatoms. The fourth-order valence-electron chi connectivity index (χ4n) is 2.54. The first-order valence-electron chi connectivity index (χ1n) is 8.50. The lowest BCUT2D eigenvalue weighted by Gasteiger charge is -2.11. The highest BCUT2D eigenvalue weighted by Crippen LogP contribution is 2.31. The third-order valence-corrected chi connectivity index (χ3v) is 5.46. The Morgan fingerprint density at radius 2 is 1.62 bits per heavy atom. The van der Waals surface area contributed by atoms with Crippen LogP contribution in [-0.2, 0) is 9.84 Å². The number of hydrogen-bond acceptors (Lipinski definition) is 5. The van der Waals surface area contributed by atoms with Crippen LogP contribution >= 0.6 is 11.6 Å². The van der Waals surface area contributed by atoms with Crippen molar-refractivity contribution in [2.45, 2.75) is 4.90 Å². The molecule has 3 aromatic rings. The highest BCUT2D eigenvalue weighted by molar-refractivity contribution is 7.90. The third-order valence-electron chi connectivity index (χ3n) is 4.02. The minimum atomic E-state index is -3.46. The van der Waals surface area contributed by atoms with Crippen molar-refractivity contribution in [2.75, 3.05) is 18.7 Å². The molecule has 0 aromatic heterocycles. The smallest absolute Gasteiger partial charge is 0.257 e. The number of anilines is 1. The van der Waals surface area contributed by atoms with Crippen LogP contribution in [0.4, 0.5) is 5.69 Å². The van der Waals surface area contributed by atoms with Gasteiger partial charge in [0.25, 0.3) is 5.91 Å². The van der Waals surface area contributed by atoms with Gasteiger partial charge in [-0.2, -0.15) is 0 Å². The SMILES string of the molecule is COc1ccccc1Oc1ccc(NC(=O)c2cc(S(C)(=O)=O)ccc2Cl)cc1. The first kappa shape index (κ1) is 20.7. The lowest BCUT2D eigenvalue weighted by atomic mass is 10.2. The van der Waals surface area contributed by atoms with Gasteiger partial charge in [0, 0.05) is 11.9 Å². The molecule has 0 bridgehead atoms. The summed E-state index contributed by atoms with van der Waals surface area (Å²) in [6.45, 7) is 0. The van der Waals surface area contributed by atoms with Crippen LogP contribution in [0, 0.1) is 0 Å². The molecule has 0 radical (unpaired) electrons. The molecule has 3 aromatic carbocycles. The molecule has 150 valence electrons. The van der Waals surface area contributed by atoms with Gasteiger partial charge in [-0.15, -0.1) is 0 Å². The van der Waals surface area contributed by atoms with Crippen LogP contribution in [0.1, 0.15) is 10.4 Å². The standard InChI is InChI=1S/C21H18ClNO5S/c1-27-19-5-3-4-6-20(19)28-15-9-7-14(8-10-15)23-21(24)17-13-16(29(2,25)26)11-12-18(17)22/h3-13H,1-2H3,(H,23,24). The summed E-state index contributed by atoms with van der Waals surface area (Å²) in [6.07, 6.45) is 1.07. The first-order valence-corrected chi connectivity index (χ1v) is 10.8. The van der Waals surface area contributed by atoms with Gasteiger partial charge in [0.2, 0.25) is 0 Å². The zero-order valence-electron chi connectivity index (χ0n) is 15.7. The Labute approximate surface area is 174 Å². The van der Waals surface area contributed by atoms with E-state index in [9.17, 15) is 13.2 Å². The van der Waals surface area contributed by atoms with E-state index in [0.717, 1.165) is 6.26 Å². The number of carbonyl (C=O) groups excluding carboxylic acids is 1. The summed E-state index contributed by atoms with van der Waals surface area (Å²) in [6, 6.07) is 18.0. The van der Waals surface area contributed by atoms with Gasteiger partial charge < -0.3 is 14.8 Å². The Morgan fingerprint density at radius 3 is 2.24 bits per heavy atom. The number of nitrogens with one attached hydrogen (secondary N) is 1. The minimum Gasteiger partial charge on any atom is -0.493 e. The van der Waals surface area contributed by atoms with Crippen molar-refractivity contribution in [1.29, 1.82) is 0 Å². The van der Waals surface area contributed by atoms with Gasteiger partial charge in [0.05, 0.1) is 22.6 Å². The van der Waals surface area contributed by atoms with Crippen molar-refractivity contribution >= 4 is 33.0 Å². The monoisotopic (exact) mass is 431 g/mol. The van der Waals surface area contributed by atoms with E-state index in [2.05, 4.69) is 5.32 Å². The Hall–Kier alpha value is -3.03. The van der Waals surface area contributed by atoms with Crippen molar-refractivity contribution in [1.82, 2.24) is 0 Å². The maximum atomic E-state index is 12.5. The maximum Gasteiger partial charge on any atom is 0.257 e. The maximum absolute atomic E-state index is 12.5. The molecule has 0 aliphatic carbocycles. The lowest BCUT2D eigenvalue weighted by molar-refractivity contribution is 0.102. The molecule has 6 nitrogen and oxygen atoms in total. The van der Waals surface area contributed by atoms with E-state index in [1.807, 2.05) is 12.1 Å². The second-order valence-corrected chi connectivity index (χ2v) is 8.57. The van der Waals surface area contributed by atoms with E-state index in [1.165, 1.54) is 18.2 Å². The highest BCUT2D eigenvalue weighted by atomic mass is 35.5. The summed E-state index contributed by atoms with van der Waals surface area (Å²) in [7, 11) is -1.89. The number of para-hydroxylation sites is 2. The number of halogens is 1. The zero-order chi connectivity index (χ0) is 21.0. The summed E-state index contributed by atoms with van der Waals surface area (Å²) in [5, 5.41) is 2.85. The van der Waals surface area contributed by atoms with Gasteiger partial charge in [-0.05, 0) is 54.6 Å². The minimum absolute atomic E-state index is 0.0209. The Morgan fingerprint density at radius 1 is 0.966 bits per heavy atom. The summed E-state index contributed by atoms with van der Waals surface area (Å²) in [5.41, 5.74) is 0.576. The van der Waals surface area contributed by atoms with Gasteiger partial charge in [0.15, 0.2) is 21.3 Å². The van der Waals surface area contributed by atoms with E-state index < -0.39 is 15.7 Å². The summed E-state index contributed by atoms with van der Waals surface area (Å²) in [4.78, 5) is 12.6. The van der Waals surface area contributed by atoms with Gasteiger partial charge in [-0.1, -0.05) is 23.7 Å². The molecule has 3 rings (SSSR count). The van der Waals surface area contributed by atoms with Crippen LogP contribution in [-0.4, -0.2) is 27.7 Å². The predicted molar refractivity (Wildman–Crippen MR) is 112 cm³/mol. The Kier molecular flexibility index (Phi) is 6.10. The second kappa shape index (κ2) is 8.55. The fourth-order valence-corrected chi connectivity index (χ4v) is 3.39. The van der Waals surface area contributed by atoms with E-state index in [1.54, 1.807) is 43.5 Å². The van der Waals surface area contributed by atoms with E-state index in [0.29, 0.717) is 22.9 Å². The first-order chi connectivity index (χ1) is 13.8. The van der Waals surface area contributed by atoms with Gasteiger partial charge >= 0.3 is 0 Å². The number of sulfone groups is 1. The fraction of sp³-hybridized carbons (Fsp3) is 0.0952. The summed E-state index contributed by atoms with van der Waals surface area (Å²) in [5.74, 6) is 1.21. The quantitative estimate of drug-likeness (QED) is 0.606. The van der Waals surface area contributed by atoms with Crippen molar-refractivity contribution in [3.05, 3.63) is 77.3 Å². The molecule has 0 saturated heterocycles. The van der Waals surface area contributed by atoms with E-state index >= 15 is 0 Å². The molecular weight excluding hydrogens is 414 g/mol. The Balaban J connectivity index is 1.75. The van der Waals surface area contributed by atoms with Crippen molar-refractivity contribution in [3.8, 4) is 17.2 Å². The van der Waals surface area contributed by atoms with E-state index in [-0.39, 0.29) is 15.5 Å². The highest BCUT2D eigenvalue weighted by Gasteiger charge is 2.16. The molecule has 29 heavy (non-hydrogen) atoms. The molecular formula is C21H18ClNO5S. The van der Waals surface area contributed by atoms with Crippen LogP contribution < -0.4 is 14.8 Å². The van der Waals surface area contributed by atoms with Crippen LogP contribution in [0.2, 0.25) is 5.02 Å². The van der Waals surface area contributed by atoms with Crippen molar-refractivity contribution in [2.24, 2.45) is 0 Å². The van der Waals surface area contributed by atoms with Crippen molar-refractivity contribution < 1.29 is 22.7 Å². The molecule has 1 amide bonds. The van der Waals surface area contributed by atoms with Crippen LogP contribution in [0.25, 0.3) is 0 Å². The van der Waals surface area contributed by atoms with Crippen LogP contribution in [0.3, 0.4) is 0 Å². The van der Waals surface area contributed by atoms with Gasteiger partial charge in [-0.3, -0.25) is 4.79 Å². The number of carbonyl (C=O) groups is 1. The second-order valence-electron chi connectivity index (χ2n) is 6.15. The molecule has 0 aliphatic heterocycles. The average Bonchev–Trinajstić information content (AvgIpc) is 2.69. The summed E-state index contributed by atoms with van der Waals surface area (Å²) < 4.78 is 34.5. The number of rotatable bonds is 6. The molecule has 0 spiro atoms. The summed E-state index contributed by atoms with van der Waals surface area (Å²) >= 11 is 6.06. The number of benzene rings is 3. The van der Waals surface area contributed by atoms with Crippen molar-refractivity contribution in [3.63, 3.8) is 0 Å². The van der Waals surface area contributed by atoms with Gasteiger partial charge in [-0.25, -0.2) is 8.42 Å². The number of hydrogen-bond donors (Lipinski definition) is 1. The third kappa shape index (κ3) is 5.07. The molecule has 0 fully saturated rings. The molecule has 0 aliphatic rings.